The zero-order valence-electron chi connectivity index (χ0n) is 14.9. The predicted octanol–water partition coefficient (Wildman–Crippen LogP) is 3.84. The molecule has 25 heavy (non-hydrogen) atoms. The lowest BCUT2D eigenvalue weighted by atomic mass is 10.1. The summed E-state index contributed by atoms with van der Waals surface area (Å²) in [5, 5.41) is 3.12. The zero-order valence-corrected chi connectivity index (χ0v) is 17.2. The molecule has 0 spiro atoms. The summed E-state index contributed by atoms with van der Waals surface area (Å²) in [6.07, 6.45) is -2.78. The van der Waals surface area contributed by atoms with Gasteiger partial charge in [0.25, 0.3) is 0 Å². The number of hydrogen-bond acceptors (Lipinski definition) is 2. The molecule has 0 saturated heterocycles. The van der Waals surface area contributed by atoms with E-state index in [0.29, 0.717) is 25.5 Å². The summed E-state index contributed by atoms with van der Waals surface area (Å²) in [6, 6.07) is 8.40. The first-order valence-corrected chi connectivity index (χ1v) is 7.99. The lowest BCUT2D eigenvalue weighted by Crippen LogP contribution is -2.39. The molecule has 0 amide bonds. The second kappa shape index (κ2) is 12.3. The first kappa shape index (κ1) is 24.0. The number of nitrogens with one attached hydrogen (secondary N) is 1. The third-order valence-electron chi connectivity index (χ3n) is 3.44. The number of ether oxygens (including phenoxy) is 1. The predicted molar refractivity (Wildman–Crippen MR) is 106 cm³/mol. The number of hydrogen-bond donors (Lipinski definition) is 1. The number of guanidine groups is 1. The fourth-order valence-electron chi connectivity index (χ4n) is 2.18. The molecule has 0 fully saturated rings. The number of aliphatic imine (C=N–C) groups is 1. The summed E-state index contributed by atoms with van der Waals surface area (Å²) in [6.45, 7) is 2.18. The summed E-state index contributed by atoms with van der Waals surface area (Å²) < 4.78 is 40.4. The van der Waals surface area contributed by atoms with Gasteiger partial charge in [0, 0.05) is 33.8 Å². The Morgan fingerprint density at radius 2 is 1.80 bits per heavy atom. The Morgan fingerprint density at radius 1 is 1.20 bits per heavy atom. The summed E-state index contributed by atoms with van der Waals surface area (Å²) in [7, 11) is 3.60. The molecule has 144 valence electrons. The van der Waals surface area contributed by atoms with Gasteiger partial charge in [-0.1, -0.05) is 31.2 Å². The van der Waals surface area contributed by atoms with Crippen molar-refractivity contribution in [2.45, 2.75) is 32.5 Å². The molecule has 1 rings (SSSR count). The molecule has 1 N–H and O–H groups in total. The summed E-state index contributed by atoms with van der Waals surface area (Å²) >= 11 is 0. The molecule has 0 saturated carbocycles. The van der Waals surface area contributed by atoms with Crippen LogP contribution in [0.1, 0.15) is 24.5 Å². The van der Waals surface area contributed by atoms with Crippen LogP contribution >= 0.6 is 24.0 Å². The van der Waals surface area contributed by atoms with E-state index in [0.717, 1.165) is 6.42 Å². The van der Waals surface area contributed by atoms with Gasteiger partial charge in [0.15, 0.2) is 5.96 Å². The average molecular weight is 473 g/mol. The van der Waals surface area contributed by atoms with Crippen LogP contribution in [0.2, 0.25) is 0 Å². The number of benzene rings is 1. The van der Waals surface area contributed by atoms with Crippen molar-refractivity contribution in [3.63, 3.8) is 0 Å². The van der Waals surface area contributed by atoms with Crippen molar-refractivity contribution in [3.8, 4) is 0 Å². The molecule has 0 bridgehead atoms. The van der Waals surface area contributed by atoms with Crippen molar-refractivity contribution < 1.29 is 17.9 Å². The van der Waals surface area contributed by atoms with Crippen molar-refractivity contribution in [2.75, 3.05) is 33.9 Å². The maximum atomic E-state index is 11.9. The number of halogens is 4. The first-order chi connectivity index (χ1) is 11.4. The highest BCUT2D eigenvalue weighted by Gasteiger charge is 2.27. The molecule has 0 aromatic heterocycles. The van der Waals surface area contributed by atoms with Crippen LogP contribution in [0.3, 0.4) is 0 Å². The SMILES string of the molecule is CCc1ccc(CN(C)C(=NC)NCCCOCC(F)(F)F)cc1.I. The largest absolute Gasteiger partial charge is 0.411 e. The summed E-state index contributed by atoms with van der Waals surface area (Å²) in [4.78, 5) is 6.16. The fraction of sp³-hybridized carbons (Fsp3) is 0.588. The molecule has 0 aliphatic rings. The van der Waals surface area contributed by atoms with Crippen molar-refractivity contribution in [3.05, 3.63) is 35.4 Å². The standard InChI is InChI=1S/C17H26F3N3O.HI/c1-4-14-6-8-15(9-7-14)12-23(3)16(21-2)22-10-5-11-24-13-17(18,19)20;/h6-9H,4-5,10-13H2,1-3H3,(H,21,22);1H. The second-order valence-electron chi connectivity index (χ2n) is 5.52. The van der Waals surface area contributed by atoms with Gasteiger partial charge in [0.2, 0.25) is 0 Å². The van der Waals surface area contributed by atoms with Crippen LogP contribution in [0, 0.1) is 0 Å². The lowest BCUT2D eigenvalue weighted by Gasteiger charge is -2.22. The molecule has 0 heterocycles. The molecule has 8 heteroatoms. The molecule has 4 nitrogen and oxygen atoms in total. The van der Waals surface area contributed by atoms with Crippen molar-refractivity contribution in [1.82, 2.24) is 10.2 Å². The average Bonchev–Trinajstić information content (AvgIpc) is 2.53. The molecular formula is C17H27F3IN3O. The number of alkyl halides is 3. The molecule has 0 radical (unpaired) electrons. The van der Waals surface area contributed by atoms with E-state index in [1.54, 1.807) is 7.05 Å². The van der Waals surface area contributed by atoms with Gasteiger partial charge in [0.1, 0.15) is 6.61 Å². The maximum Gasteiger partial charge on any atom is 0.411 e. The maximum absolute atomic E-state index is 11.9. The molecule has 0 unspecified atom stereocenters. The molecule has 0 aliphatic heterocycles. The van der Waals surface area contributed by atoms with E-state index in [2.05, 4.69) is 46.2 Å². The van der Waals surface area contributed by atoms with Gasteiger partial charge in [-0.25, -0.2) is 0 Å². The van der Waals surface area contributed by atoms with E-state index in [1.165, 1.54) is 11.1 Å². The minimum absolute atomic E-state index is 0. The Balaban J connectivity index is 0.00000576. The van der Waals surface area contributed by atoms with Gasteiger partial charge in [0.05, 0.1) is 0 Å². The van der Waals surface area contributed by atoms with Crippen molar-refractivity contribution in [2.24, 2.45) is 4.99 Å². The van der Waals surface area contributed by atoms with E-state index in [-0.39, 0.29) is 30.6 Å². The quantitative estimate of drug-likeness (QED) is 0.270. The number of aryl methyl sites for hydroxylation is 1. The van der Waals surface area contributed by atoms with Crippen LogP contribution < -0.4 is 5.32 Å². The zero-order chi connectivity index (χ0) is 18.0. The van der Waals surface area contributed by atoms with Crippen molar-refractivity contribution in [1.29, 1.82) is 0 Å². The van der Waals surface area contributed by atoms with Gasteiger partial charge in [-0.3, -0.25) is 4.99 Å². The number of rotatable bonds is 8. The molecular weight excluding hydrogens is 446 g/mol. The van der Waals surface area contributed by atoms with Gasteiger partial charge in [-0.2, -0.15) is 13.2 Å². The minimum atomic E-state index is -4.27. The van der Waals surface area contributed by atoms with E-state index in [9.17, 15) is 13.2 Å². The van der Waals surface area contributed by atoms with E-state index >= 15 is 0 Å². The van der Waals surface area contributed by atoms with Gasteiger partial charge >= 0.3 is 6.18 Å². The van der Waals surface area contributed by atoms with Crippen LogP contribution in [-0.4, -0.2) is 50.9 Å². The van der Waals surface area contributed by atoms with E-state index in [1.807, 2.05) is 11.9 Å². The molecule has 0 atom stereocenters. The molecule has 0 aliphatic carbocycles. The highest BCUT2D eigenvalue weighted by Crippen LogP contribution is 2.14. The Bertz CT molecular complexity index is 507. The normalized spacial score (nSPS) is 11.8. The minimum Gasteiger partial charge on any atom is -0.372 e. The smallest absolute Gasteiger partial charge is 0.372 e. The Kier molecular flexibility index (Phi) is 11.8. The van der Waals surface area contributed by atoms with Crippen LogP contribution in [0.15, 0.2) is 29.3 Å². The van der Waals surface area contributed by atoms with Crippen LogP contribution in [-0.2, 0) is 17.7 Å². The summed E-state index contributed by atoms with van der Waals surface area (Å²) in [5.74, 6) is 0.699. The third-order valence-corrected chi connectivity index (χ3v) is 3.44. The first-order valence-electron chi connectivity index (χ1n) is 7.99. The van der Waals surface area contributed by atoms with Crippen LogP contribution in [0.4, 0.5) is 13.2 Å². The lowest BCUT2D eigenvalue weighted by molar-refractivity contribution is -0.173. The third kappa shape index (κ3) is 10.5. The van der Waals surface area contributed by atoms with Crippen LogP contribution in [0.5, 0.6) is 0 Å². The Hall–Kier alpha value is -1.03. The highest BCUT2D eigenvalue weighted by molar-refractivity contribution is 14.0. The Labute approximate surface area is 164 Å². The highest BCUT2D eigenvalue weighted by atomic mass is 127. The van der Waals surface area contributed by atoms with Gasteiger partial charge in [-0.15, -0.1) is 24.0 Å². The molecule has 1 aromatic carbocycles. The summed E-state index contributed by atoms with van der Waals surface area (Å²) in [5.41, 5.74) is 2.47. The van der Waals surface area contributed by atoms with E-state index < -0.39 is 12.8 Å². The van der Waals surface area contributed by atoms with Crippen LogP contribution in [0.25, 0.3) is 0 Å². The van der Waals surface area contributed by atoms with Gasteiger partial charge < -0.3 is 15.0 Å². The fourth-order valence-corrected chi connectivity index (χ4v) is 2.18. The molecule has 1 aromatic rings. The number of nitrogens with zero attached hydrogens (tertiary/aromatic N) is 2. The van der Waals surface area contributed by atoms with Crippen molar-refractivity contribution >= 4 is 29.9 Å². The second-order valence-corrected chi connectivity index (χ2v) is 5.52. The topological polar surface area (TPSA) is 36.9 Å². The monoisotopic (exact) mass is 473 g/mol. The van der Waals surface area contributed by atoms with Gasteiger partial charge in [-0.05, 0) is 24.0 Å². The Morgan fingerprint density at radius 3 is 2.32 bits per heavy atom. The van der Waals surface area contributed by atoms with E-state index in [4.69, 9.17) is 0 Å².